The Hall–Kier alpha value is -4.46. The molecular formula is C27H23N5O3. The number of rotatable bonds is 6. The first-order chi connectivity index (χ1) is 17.2. The fourth-order valence-corrected chi connectivity index (χ4v) is 4.42. The molecule has 5 heterocycles. The molecule has 35 heavy (non-hydrogen) atoms. The van der Waals surface area contributed by atoms with E-state index < -0.39 is 0 Å². The van der Waals surface area contributed by atoms with Gasteiger partial charge in [0.2, 0.25) is 0 Å². The lowest BCUT2D eigenvalue weighted by molar-refractivity contribution is 0.0940. The van der Waals surface area contributed by atoms with Crippen LogP contribution in [-0.2, 0) is 13.0 Å². The van der Waals surface area contributed by atoms with Crippen LogP contribution in [0.25, 0.3) is 22.3 Å². The monoisotopic (exact) mass is 465 g/mol. The first-order valence-electron chi connectivity index (χ1n) is 11.5. The van der Waals surface area contributed by atoms with E-state index in [4.69, 9.17) is 14.1 Å². The van der Waals surface area contributed by atoms with Crippen LogP contribution in [0.15, 0.2) is 83.9 Å². The highest BCUT2D eigenvalue weighted by Gasteiger charge is 2.22. The molecule has 5 aromatic rings. The standard InChI is InChI=1S/C27H23N5O3/c33-27(29-13-18-11-19-5-1-2-8-25(19)35-17-18)22-12-24(20-6-3-9-28-14-20)31-26-23(22)15-30-32(26)16-21-7-4-10-34-21/h1-10,12,14-15,18H,11,13,16-17H2,(H,29,33). The van der Waals surface area contributed by atoms with Gasteiger partial charge in [0.25, 0.3) is 5.91 Å². The zero-order valence-corrected chi connectivity index (χ0v) is 18.9. The van der Waals surface area contributed by atoms with E-state index in [1.54, 1.807) is 35.6 Å². The number of carbonyl (C=O) groups is 1. The molecule has 1 unspecified atom stereocenters. The number of benzene rings is 1. The maximum atomic E-state index is 13.4. The highest BCUT2D eigenvalue weighted by atomic mass is 16.5. The molecule has 1 aromatic carbocycles. The fourth-order valence-electron chi connectivity index (χ4n) is 4.42. The smallest absolute Gasteiger partial charge is 0.252 e. The minimum absolute atomic E-state index is 0.168. The predicted octanol–water partition coefficient (Wildman–Crippen LogP) is 4.12. The molecule has 8 nitrogen and oxygen atoms in total. The number of furan rings is 1. The average Bonchev–Trinajstić information content (AvgIpc) is 3.57. The summed E-state index contributed by atoms with van der Waals surface area (Å²) in [6.07, 6.45) is 7.63. The predicted molar refractivity (Wildman–Crippen MR) is 130 cm³/mol. The van der Waals surface area contributed by atoms with Crippen molar-refractivity contribution in [3.05, 3.63) is 96.3 Å². The van der Waals surface area contributed by atoms with Gasteiger partial charge in [-0.1, -0.05) is 18.2 Å². The van der Waals surface area contributed by atoms with Crippen molar-refractivity contribution in [1.82, 2.24) is 25.1 Å². The number of hydrogen-bond acceptors (Lipinski definition) is 6. The number of nitrogens with one attached hydrogen (secondary N) is 1. The van der Waals surface area contributed by atoms with Gasteiger partial charge in [-0.3, -0.25) is 9.78 Å². The Morgan fingerprint density at radius 3 is 2.91 bits per heavy atom. The maximum Gasteiger partial charge on any atom is 0.252 e. The lowest BCUT2D eigenvalue weighted by Gasteiger charge is -2.25. The van der Waals surface area contributed by atoms with Crippen LogP contribution in [0.4, 0.5) is 0 Å². The third kappa shape index (κ3) is 4.26. The summed E-state index contributed by atoms with van der Waals surface area (Å²) < 4.78 is 13.1. The van der Waals surface area contributed by atoms with Gasteiger partial charge in [0.1, 0.15) is 18.1 Å². The van der Waals surface area contributed by atoms with E-state index in [1.807, 2.05) is 42.5 Å². The lowest BCUT2D eigenvalue weighted by Crippen LogP contribution is -2.34. The number of amides is 1. The summed E-state index contributed by atoms with van der Waals surface area (Å²) in [7, 11) is 0. The van der Waals surface area contributed by atoms with Crippen LogP contribution >= 0.6 is 0 Å². The van der Waals surface area contributed by atoms with Gasteiger partial charge in [-0.2, -0.15) is 5.10 Å². The fraction of sp³-hybridized carbons (Fsp3) is 0.185. The second-order valence-electron chi connectivity index (χ2n) is 8.61. The highest BCUT2D eigenvalue weighted by molar-refractivity contribution is 6.06. The summed E-state index contributed by atoms with van der Waals surface area (Å²) >= 11 is 0. The summed E-state index contributed by atoms with van der Waals surface area (Å²) in [5.74, 6) is 1.72. The van der Waals surface area contributed by atoms with Gasteiger partial charge in [-0.25, -0.2) is 9.67 Å². The number of carbonyl (C=O) groups excluding carboxylic acids is 1. The van der Waals surface area contributed by atoms with E-state index >= 15 is 0 Å². The lowest BCUT2D eigenvalue weighted by atomic mass is 9.96. The quantitative estimate of drug-likeness (QED) is 0.405. The van der Waals surface area contributed by atoms with Crippen molar-refractivity contribution in [1.29, 1.82) is 0 Å². The van der Waals surface area contributed by atoms with Crippen LogP contribution in [0.2, 0.25) is 0 Å². The van der Waals surface area contributed by atoms with E-state index in [-0.39, 0.29) is 11.8 Å². The molecule has 4 aromatic heterocycles. The summed E-state index contributed by atoms with van der Waals surface area (Å²) in [5.41, 5.74) is 3.79. The van der Waals surface area contributed by atoms with Gasteiger partial charge in [0.15, 0.2) is 5.65 Å². The van der Waals surface area contributed by atoms with Crippen molar-refractivity contribution < 1.29 is 13.9 Å². The Bertz CT molecular complexity index is 1480. The van der Waals surface area contributed by atoms with Crippen LogP contribution < -0.4 is 10.1 Å². The molecule has 0 saturated carbocycles. The van der Waals surface area contributed by atoms with Gasteiger partial charge < -0.3 is 14.5 Å². The van der Waals surface area contributed by atoms with Gasteiger partial charge in [-0.05, 0) is 48.4 Å². The molecule has 0 aliphatic carbocycles. The Kier molecular flexibility index (Phi) is 5.46. The van der Waals surface area contributed by atoms with E-state index in [0.29, 0.717) is 42.0 Å². The van der Waals surface area contributed by atoms with Gasteiger partial charge in [0, 0.05) is 30.4 Å². The van der Waals surface area contributed by atoms with Gasteiger partial charge in [-0.15, -0.1) is 0 Å². The molecule has 1 amide bonds. The maximum absolute atomic E-state index is 13.4. The normalized spacial score (nSPS) is 14.9. The molecule has 0 bridgehead atoms. The molecular weight excluding hydrogens is 442 g/mol. The molecule has 1 N–H and O–H groups in total. The largest absolute Gasteiger partial charge is 0.493 e. The Balaban J connectivity index is 1.30. The zero-order chi connectivity index (χ0) is 23.6. The molecule has 1 atom stereocenters. The first-order valence-corrected chi connectivity index (χ1v) is 11.5. The topological polar surface area (TPSA) is 95.1 Å². The highest BCUT2D eigenvalue weighted by Crippen LogP contribution is 2.27. The van der Waals surface area contributed by atoms with Crippen LogP contribution in [-0.4, -0.2) is 38.8 Å². The van der Waals surface area contributed by atoms with Crippen LogP contribution in [0, 0.1) is 5.92 Å². The van der Waals surface area contributed by atoms with Crippen molar-refractivity contribution in [2.24, 2.45) is 5.92 Å². The average molecular weight is 466 g/mol. The number of ether oxygens (including phenoxy) is 1. The van der Waals surface area contributed by atoms with Crippen molar-refractivity contribution in [2.75, 3.05) is 13.2 Å². The van der Waals surface area contributed by atoms with Gasteiger partial charge in [0.05, 0.1) is 35.7 Å². The Morgan fingerprint density at radius 1 is 1.11 bits per heavy atom. The number of fused-ring (bicyclic) bond motifs is 2. The van der Waals surface area contributed by atoms with E-state index in [9.17, 15) is 4.79 Å². The molecule has 1 aliphatic heterocycles. The van der Waals surface area contributed by atoms with E-state index in [2.05, 4.69) is 21.5 Å². The first kappa shape index (κ1) is 21.1. The van der Waals surface area contributed by atoms with Crippen LogP contribution in [0.5, 0.6) is 5.75 Å². The molecule has 0 fully saturated rings. The summed E-state index contributed by atoms with van der Waals surface area (Å²) in [5, 5.41) is 8.30. The number of para-hydroxylation sites is 1. The number of hydrogen-bond donors (Lipinski definition) is 1. The number of aromatic nitrogens is 4. The Morgan fingerprint density at radius 2 is 2.06 bits per heavy atom. The summed E-state index contributed by atoms with van der Waals surface area (Å²) in [4.78, 5) is 22.4. The van der Waals surface area contributed by atoms with Gasteiger partial charge >= 0.3 is 0 Å². The Labute approximate surface area is 201 Å². The summed E-state index contributed by atoms with van der Waals surface area (Å²) in [6, 6.07) is 17.3. The van der Waals surface area contributed by atoms with E-state index in [0.717, 1.165) is 23.5 Å². The minimum atomic E-state index is -0.168. The zero-order valence-electron chi connectivity index (χ0n) is 18.9. The molecule has 1 aliphatic rings. The van der Waals surface area contributed by atoms with Crippen molar-refractivity contribution in [3.8, 4) is 17.0 Å². The van der Waals surface area contributed by atoms with E-state index in [1.165, 1.54) is 5.56 Å². The second kappa shape index (κ2) is 9.06. The van der Waals surface area contributed by atoms with Crippen molar-refractivity contribution in [2.45, 2.75) is 13.0 Å². The van der Waals surface area contributed by atoms with Crippen molar-refractivity contribution in [3.63, 3.8) is 0 Å². The van der Waals surface area contributed by atoms with Crippen LogP contribution in [0.3, 0.4) is 0 Å². The summed E-state index contributed by atoms with van der Waals surface area (Å²) in [6.45, 7) is 1.50. The minimum Gasteiger partial charge on any atom is -0.493 e. The molecule has 0 spiro atoms. The van der Waals surface area contributed by atoms with Crippen molar-refractivity contribution >= 4 is 16.9 Å². The number of nitrogens with zero attached hydrogens (tertiary/aromatic N) is 4. The molecule has 0 saturated heterocycles. The number of pyridine rings is 2. The molecule has 6 rings (SSSR count). The van der Waals surface area contributed by atoms with Crippen LogP contribution in [0.1, 0.15) is 21.7 Å². The molecule has 174 valence electrons. The molecule has 0 radical (unpaired) electrons. The SMILES string of the molecule is O=C(NCC1COc2ccccc2C1)c1cc(-c2cccnc2)nc2c1cnn2Cc1ccco1. The third-order valence-electron chi connectivity index (χ3n) is 6.20. The molecule has 8 heteroatoms. The second-order valence-corrected chi connectivity index (χ2v) is 8.61. The third-order valence-corrected chi connectivity index (χ3v) is 6.20.